The molecule has 94 valence electrons. The van der Waals surface area contributed by atoms with Crippen molar-refractivity contribution in [2.75, 3.05) is 5.43 Å². The molecule has 0 amide bonds. The van der Waals surface area contributed by atoms with Crippen LogP contribution in [0, 0.1) is 0 Å². The van der Waals surface area contributed by atoms with Crippen LogP contribution in [0.2, 0.25) is 0 Å². The van der Waals surface area contributed by atoms with Gasteiger partial charge < -0.3 is 10.2 Å². The van der Waals surface area contributed by atoms with Gasteiger partial charge in [-0.2, -0.15) is 8.78 Å². The lowest BCUT2D eigenvalue weighted by Crippen LogP contribution is -2.08. The Kier molecular flexibility index (Phi) is 3.69. The molecule has 3 N–H and O–H groups in total. The highest BCUT2D eigenvalue weighted by Gasteiger charge is 2.12. The van der Waals surface area contributed by atoms with Gasteiger partial charge in [0, 0.05) is 17.4 Å². The molecular formula is C12H11F2N3O. The van der Waals surface area contributed by atoms with Gasteiger partial charge in [0.2, 0.25) is 0 Å². The predicted octanol–water partition coefficient (Wildman–Crippen LogP) is 2.64. The summed E-state index contributed by atoms with van der Waals surface area (Å²) in [5.74, 6) is 5.35. The lowest BCUT2D eigenvalue weighted by atomic mass is 10.1. The summed E-state index contributed by atoms with van der Waals surface area (Å²) in [6.07, 6.45) is 1.57. The number of hydrogen-bond donors (Lipinski definition) is 2. The number of halogens is 2. The maximum Gasteiger partial charge on any atom is 0.387 e. The number of nitrogens with zero attached hydrogens (tertiary/aromatic N) is 1. The van der Waals surface area contributed by atoms with Crippen LogP contribution < -0.4 is 16.0 Å². The van der Waals surface area contributed by atoms with E-state index in [0.717, 1.165) is 0 Å². The first kappa shape index (κ1) is 12.3. The molecule has 18 heavy (non-hydrogen) atoms. The summed E-state index contributed by atoms with van der Waals surface area (Å²) in [6.45, 7) is -2.89. The highest BCUT2D eigenvalue weighted by atomic mass is 19.3. The lowest BCUT2D eigenvalue weighted by molar-refractivity contribution is -0.0494. The molecule has 0 fully saturated rings. The molecule has 2 rings (SSSR count). The molecular weight excluding hydrogens is 240 g/mol. The van der Waals surface area contributed by atoms with Crippen LogP contribution in [0.15, 0.2) is 42.6 Å². The number of anilines is 1. The molecule has 0 radical (unpaired) electrons. The normalized spacial score (nSPS) is 10.4. The number of hydrazine groups is 1. The zero-order valence-corrected chi connectivity index (χ0v) is 9.31. The van der Waals surface area contributed by atoms with Gasteiger partial charge in [-0.3, -0.25) is 10.8 Å². The molecule has 0 aliphatic heterocycles. The molecule has 1 aromatic heterocycles. The van der Waals surface area contributed by atoms with Crippen molar-refractivity contribution in [2.45, 2.75) is 6.61 Å². The van der Waals surface area contributed by atoms with Gasteiger partial charge in [0.05, 0.1) is 5.69 Å². The fourth-order valence-corrected chi connectivity index (χ4v) is 1.54. The molecule has 2 aromatic rings. The number of nitrogen functional groups attached to an aromatic ring is 1. The molecule has 1 aromatic carbocycles. The number of nitrogens with one attached hydrogen (secondary N) is 1. The Morgan fingerprint density at radius 3 is 2.67 bits per heavy atom. The standard InChI is InChI=1S/C12H11F2N3O/c13-12(14)18-11-5-4-8(17-15)7-9(11)10-3-1-2-6-16-10/h1-7,12,17H,15H2. The van der Waals surface area contributed by atoms with Crippen molar-refractivity contribution >= 4 is 5.69 Å². The van der Waals surface area contributed by atoms with E-state index in [0.29, 0.717) is 16.9 Å². The predicted molar refractivity (Wildman–Crippen MR) is 64.1 cm³/mol. The van der Waals surface area contributed by atoms with Gasteiger partial charge in [-0.25, -0.2) is 0 Å². The van der Waals surface area contributed by atoms with Crippen molar-refractivity contribution < 1.29 is 13.5 Å². The quantitative estimate of drug-likeness (QED) is 0.647. The average molecular weight is 251 g/mol. The molecule has 0 unspecified atom stereocenters. The molecule has 6 heteroatoms. The van der Waals surface area contributed by atoms with Crippen LogP contribution >= 0.6 is 0 Å². The van der Waals surface area contributed by atoms with Gasteiger partial charge in [0.15, 0.2) is 0 Å². The van der Waals surface area contributed by atoms with Crippen molar-refractivity contribution in [1.82, 2.24) is 4.98 Å². The van der Waals surface area contributed by atoms with Crippen molar-refractivity contribution in [2.24, 2.45) is 5.84 Å². The second kappa shape index (κ2) is 5.42. The Hall–Kier alpha value is -2.21. The minimum absolute atomic E-state index is 0.0581. The van der Waals surface area contributed by atoms with Gasteiger partial charge in [-0.15, -0.1) is 0 Å². The Morgan fingerprint density at radius 1 is 1.22 bits per heavy atom. The Balaban J connectivity index is 2.47. The summed E-state index contributed by atoms with van der Waals surface area (Å²) in [5.41, 5.74) is 4.01. The summed E-state index contributed by atoms with van der Waals surface area (Å²) in [7, 11) is 0. The molecule has 0 atom stereocenters. The minimum Gasteiger partial charge on any atom is -0.434 e. The average Bonchev–Trinajstić information content (AvgIpc) is 2.39. The van der Waals surface area contributed by atoms with Gasteiger partial charge in [0.25, 0.3) is 0 Å². The zero-order chi connectivity index (χ0) is 13.0. The summed E-state index contributed by atoms with van der Waals surface area (Å²) in [6, 6.07) is 9.77. The largest absolute Gasteiger partial charge is 0.434 e. The zero-order valence-electron chi connectivity index (χ0n) is 9.31. The monoisotopic (exact) mass is 251 g/mol. The molecule has 0 aliphatic carbocycles. The second-order valence-corrected chi connectivity index (χ2v) is 3.45. The van der Waals surface area contributed by atoms with E-state index in [1.54, 1.807) is 36.5 Å². The van der Waals surface area contributed by atoms with E-state index in [4.69, 9.17) is 5.84 Å². The Morgan fingerprint density at radius 2 is 2.06 bits per heavy atom. The van der Waals surface area contributed by atoms with Crippen LogP contribution in [-0.4, -0.2) is 11.6 Å². The van der Waals surface area contributed by atoms with Crippen LogP contribution in [-0.2, 0) is 0 Å². The smallest absolute Gasteiger partial charge is 0.387 e. The summed E-state index contributed by atoms with van der Waals surface area (Å²) in [4.78, 5) is 4.10. The van der Waals surface area contributed by atoms with Crippen LogP contribution in [0.25, 0.3) is 11.3 Å². The van der Waals surface area contributed by atoms with Crippen LogP contribution in [0.4, 0.5) is 14.5 Å². The highest BCUT2D eigenvalue weighted by Crippen LogP contribution is 2.32. The van der Waals surface area contributed by atoms with Crippen LogP contribution in [0.1, 0.15) is 0 Å². The molecule has 0 spiro atoms. The third kappa shape index (κ3) is 2.72. The van der Waals surface area contributed by atoms with E-state index in [-0.39, 0.29) is 5.75 Å². The van der Waals surface area contributed by atoms with E-state index in [1.807, 2.05) is 0 Å². The Labute approximate surface area is 102 Å². The van der Waals surface area contributed by atoms with Gasteiger partial charge in [0.1, 0.15) is 5.75 Å². The minimum atomic E-state index is -2.89. The lowest BCUT2D eigenvalue weighted by Gasteiger charge is -2.11. The third-order valence-electron chi connectivity index (χ3n) is 2.30. The first-order valence-corrected chi connectivity index (χ1v) is 5.17. The summed E-state index contributed by atoms with van der Waals surface area (Å²) < 4.78 is 29.1. The van der Waals surface area contributed by atoms with Gasteiger partial charge >= 0.3 is 6.61 Å². The maximum atomic E-state index is 12.3. The summed E-state index contributed by atoms with van der Waals surface area (Å²) in [5, 5.41) is 0. The molecule has 0 saturated heterocycles. The number of ether oxygens (including phenoxy) is 1. The van der Waals surface area contributed by atoms with E-state index >= 15 is 0 Å². The van der Waals surface area contributed by atoms with Crippen molar-refractivity contribution in [3.63, 3.8) is 0 Å². The number of aromatic nitrogens is 1. The number of nitrogens with two attached hydrogens (primary N) is 1. The third-order valence-corrected chi connectivity index (χ3v) is 2.30. The van der Waals surface area contributed by atoms with E-state index in [1.165, 1.54) is 6.07 Å². The van der Waals surface area contributed by atoms with E-state index in [9.17, 15) is 8.78 Å². The first-order chi connectivity index (χ1) is 8.70. The van der Waals surface area contributed by atoms with E-state index in [2.05, 4.69) is 15.1 Å². The topological polar surface area (TPSA) is 60.2 Å². The van der Waals surface area contributed by atoms with Gasteiger partial charge in [-0.1, -0.05) is 6.07 Å². The molecule has 1 heterocycles. The van der Waals surface area contributed by atoms with Crippen LogP contribution in [0.5, 0.6) is 5.75 Å². The van der Waals surface area contributed by atoms with Crippen LogP contribution in [0.3, 0.4) is 0 Å². The molecule has 4 nitrogen and oxygen atoms in total. The van der Waals surface area contributed by atoms with Crippen molar-refractivity contribution in [1.29, 1.82) is 0 Å². The SMILES string of the molecule is NNc1ccc(OC(F)F)c(-c2ccccn2)c1. The number of hydrogen-bond acceptors (Lipinski definition) is 4. The van der Waals surface area contributed by atoms with Gasteiger partial charge in [-0.05, 0) is 30.3 Å². The number of benzene rings is 1. The summed E-state index contributed by atoms with van der Waals surface area (Å²) >= 11 is 0. The molecule has 0 saturated carbocycles. The second-order valence-electron chi connectivity index (χ2n) is 3.45. The van der Waals surface area contributed by atoms with Crippen molar-refractivity contribution in [3.05, 3.63) is 42.6 Å². The molecule has 0 aliphatic rings. The highest BCUT2D eigenvalue weighted by molar-refractivity contribution is 5.71. The fourth-order valence-electron chi connectivity index (χ4n) is 1.54. The molecule has 0 bridgehead atoms. The van der Waals surface area contributed by atoms with E-state index < -0.39 is 6.61 Å². The maximum absolute atomic E-state index is 12.3. The Bertz CT molecular complexity index is 520. The first-order valence-electron chi connectivity index (χ1n) is 5.17. The number of rotatable bonds is 4. The fraction of sp³-hybridized carbons (Fsp3) is 0.0833. The number of pyridine rings is 1. The van der Waals surface area contributed by atoms with Crippen molar-refractivity contribution in [3.8, 4) is 17.0 Å². The number of alkyl halides is 2.